The van der Waals surface area contributed by atoms with Gasteiger partial charge in [0.2, 0.25) is 0 Å². The van der Waals surface area contributed by atoms with Crippen LogP contribution in [0.15, 0.2) is 0 Å². The number of hydrogen-bond donors (Lipinski definition) is 3. The Morgan fingerprint density at radius 2 is 1.83 bits per heavy atom. The van der Waals surface area contributed by atoms with Gasteiger partial charge in [-0.25, -0.2) is 5.84 Å². The molecule has 2 aliphatic carbocycles. The fraction of sp³-hybridized carbons (Fsp3) is 0.923. The van der Waals surface area contributed by atoms with Crippen LogP contribution in [-0.2, 0) is 0 Å². The lowest BCUT2D eigenvalue weighted by Crippen LogP contribution is -2.77. The summed E-state index contributed by atoms with van der Waals surface area (Å²) in [4.78, 5) is 0. The molecule has 3 fully saturated rings. The molecule has 1 heterocycles. The molecule has 0 aromatic rings. The van der Waals surface area contributed by atoms with Crippen molar-refractivity contribution in [2.24, 2.45) is 11.8 Å². The molecule has 0 radical (unpaired) electrons. The summed E-state index contributed by atoms with van der Waals surface area (Å²) >= 11 is 5.35. The van der Waals surface area contributed by atoms with Crippen molar-refractivity contribution in [1.29, 1.82) is 0 Å². The zero-order valence-electron chi connectivity index (χ0n) is 10.8. The van der Waals surface area contributed by atoms with Gasteiger partial charge in [-0.3, -0.25) is 5.01 Å². The Bertz CT molecular complexity index is 356. The van der Waals surface area contributed by atoms with Crippen LogP contribution in [0.2, 0.25) is 0 Å². The fourth-order valence-corrected chi connectivity index (χ4v) is 4.70. The first-order valence-corrected chi connectivity index (χ1v) is 7.59. The Balaban J connectivity index is 1.97. The van der Waals surface area contributed by atoms with Gasteiger partial charge in [0.15, 0.2) is 10.8 Å². The second-order valence-corrected chi connectivity index (χ2v) is 6.58. The molecule has 0 amide bonds. The average molecular weight is 269 g/mol. The molecule has 0 unspecified atom stereocenters. The fourth-order valence-electron chi connectivity index (χ4n) is 4.34. The van der Waals surface area contributed by atoms with E-state index in [1.165, 1.54) is 30.7 Å². The van der Waals surface area contributed by atoms with Gasteiger partial charge in [0.1, 0.15) is 0 Å². The molecular formula is C13H23N3OS. The Morgan fingerprint density at radius 3 is 2.56 bits per heavy atom. The van der Waals surface area contributed by atoms with Crippen molar-refractivity contribution in [1.82, 2.24) is 10.3 Å². The van der Waals surface area contributed by atoms with Crippen LogP contribution in [0.5, 0.6) is 0 Å². The highest BCUT2D eigenvalue weighted by atomic mass is 32.1. The van der Waals surface area contributed by atoms with Crippen LogP contribution in [0.3, 0.4) is 0 Å². The second-order valence-electron chi connectivity index (χ2n) is 6.19. The summed E-state index contributed by atoms with van der Waals surface area (Å²) in [5.41, 5.74) is -0.918. The summed E-state index contributed by atoms with van der Waals surface area (Å²) in [6, 6.07) is 0. The highest BCUT2D eigenvalue weighted by Gasteiger charge is 2.58. The van der Waals surface area contributed by atoms with E-state index in [2.05, 4.69) is 5.32 Å². The quantitative estimate of drug-likeness (QED) is 0.461. The lowest BCUT2D eigenvalue weighted by Gasteiger charge is -2.60. The van der Waals surface area contributed by atoms with E-state index < -0.39 is 5.72 Å². The minimum Gasteiger partial charge on any atom is -0.369 e. The van der Waals surface area contributed by atoms with Crippen LogP contribution in [0, 0.1) is 5.92 Å². The number of nitrogens with two attached hydrogens (primary N) is 1. The third-order valence-electron chi connectivity index (χ3n) is 5.25. The molecular weight excluding hydrogens is 246 g/mol. The SMILES string of the molecule is NN1C(=S)NC2(CCCCC2)[C@@H]2CCCC[C@@]21O. The minimum absolute atomic E-state index is 0.000370. The number of thiocarbonyl (C=S) groups is 1. The summed E-state index contributed by atoms with van der Waals surface area (Å²) in [6.45, 7) is 0. The molecule has 3 rings (SSSR count). The van der Waals surface area contributed by atoms with E-state index in [1.54, 1.807) is 0 Å². The summed E-state index contributed by atoms with van der Waals surface area (Å²) in [5, 5.41) is 16.4. The summed E-state index contributed by atoms with van der Waals surface area (Å²) in [5.74, 6) is 6.26. The number of nitrogens with one attached hydrogen (secondary N) is 1. The third-order valence-corrected chi connectivity index (χ3v) is 5.55. The molecule has 102 valence electrons. The number of fused-ring (bicyclic) bond motifs is 2. The molecule has 3 aliphatic rings. The van der Waals surface area contributed by atoms with E-state index in [1.807, 2.05) is 0 Å². The van der Waals surface area contributed by atoms with Gasteiger partial charge in [-0.1, -0.05) is 25.7 Å². The molecule has 0 aromatic heterocycles. The Morgan fingerprint density at radius 1 is 1.17 bits per heavy atom. The van der Waals surface area contributed by atoms with Crippen molar-refractivity contribution in [2.75, 3.05) is 0 Å². The first-order valence-electron chi connectivity index (χ1n) is 7.18. The predicted octanol–water partition coefficient (Wildman–Crippen LogP) is 1.63. The Kier molecular flexibility index (Phi) is 3.03. The van der Waals surface area contributed by atoms with Crippen LogP contribution >= 0.6 is 12.2 Å². The van der Waals surface area contributed by atoms with Gasteiger partial charge in [-0.15, -0.1) is 0 Å². The molecule has 2 saturated carbocycles. The monoisotopic (exact) mass is 269 g/mol. The van der Waals surface area contributed by atoms with Crippen molar-refractivity contribution >= 4 is 17.3 Å². The van der Waals surface area contributed by atoms with Gasteiger partial charge in [0.05, 0.1) is 0 Å². The molecule has 4 N–H and O–H groups in total. The molecule has 2 atom stereocenters. The zero-order chi connectivity index (χ0) is 12.8. The van der Waals surface area contributed by atoms with E-state index in [0.717, 1.165) is 32.1 Å². The van der Waals surface area contributed by atoms with Gasteiger partial charge in [-0.05, 0) is 44.3 Å². The zero-order valence-corrected chi connectivity index (χ0v) is 11.6. The second kappa shape index (κ2) is 4.32. The van der Waals surface area contributed by atoms with E-state index in [-0.39, 0.29) is 11.5 Å². The van der Waals surface area contributed by atoms with E-state index in [9.17, 15) is 5.11 Å². The summed E-state index contributed by atoms with van der Waals surface area (Å²) < 4.78 is 0. The first kappa shape index (κ1) is 12.6. The van der Waals surface area contributed by atoms with Crippen molar-refractivity contribution in [3.63, 3.8) is 0 Å². The lowest BCUT2D eigenvalue weighted by molar-refractivity contribution is -0.182. The van der Waals surface area contributed by atoms with Crippen molar-refractivity contribution < 1.29 is 5.11 Å². The normalized spacial score (nSPS) is 39.3. The van der Waals surface area contributed by atoms with E-state index in [0.29, 0.717) is 5.11 Å². The van der Waals surface area contributed by atoms with Crippen LogP contribution < -0.4 is 11.2 Å². The molecule has 1 aliphatic heterocycles. The maximum absolute atomic E-state index is 11.0. The third kappa shape index (κ3) is 1.67. The Hall–Kier alpha value is -0.390. The van der Waals surface area contributed by atoms with Crippen LogP contribution in [0.4, 0.5) is 0 Å². The van der Waals surface area contributed by atoms with Crippen molar-refractivity contribution in [3.8, 4) is 0 Å². The highest BCUT2D eigenvalue weighted by molar-refractivity contribution is 7.80. The lowest BCUT2D eigenvalue weighted by atomic mass is 9.62. The molecule has 0 aromatic carbocycles. The number of hydrogen-bond acceptors (Lipinski definition) is 3. The number of aliphatic hydroxyl groups is 1. The molecule has 1 spiro atoms. The van der Waals surface area contributed by atoms with Gasteiger partial charge >= 0.3 is 0 Å². The first-order chi connectivity index (χ1) is 8.58. The van der Waals surface area contributed by atoms with Crippen molar-refractivity contribution in [3.05, 3.63) is 0 Å². The van der Waals surface area contributed by atoms with Gasteiger partial charge < -0.3 is 10.4 Å². The average Bonchev–Trinajstić information content (AvgIpc) is 2.38. The maximum atomic E-state index is 11.0. The van der Waals surface area contributed by atoms with Crippen LogP contribution in [0.1, 0.15) is 57.8 Å². The molecule has 0 bridgehead atoms. The summed E-state index contributed by atoms with van der Waals surface area (Å²) in [7, 11) is 0. The predicted molar refractivity (Wildman–Crippen MR) is 74.5 cm³/mol. The van der Waals surface area contributed by atoms with Gasteiger partial charge in [0.25, 0.3) is 0 Å². The number of hydrazine groups is 1. The maximum Gasteiger partial charge on any atom is 0.186 e. The topological polar surface area (TPSA) is 61.5 Å². The standard InChI is InChI=1S/C13H23N3OS/c14-16-11(18)15-12(7-3-1-4-8-12)10-6-2-5-9-13(10,16)17/h10,17H,1-9,14H2,(H,15,18)/t10-,13+/m0/s1. The molecule has 4 nitrogen and oxygen atoms in total. The van der Waals surface area contributed by atoms with Crippen LogP contribution in [-0.4, -0.2) is 26.5 Å². The smallest absolute Gasteiger partial charge is 0.186 e. The van der Waals surface area contributed by atoms with E-state index in [4.69, 9.17) is 18.1 Å². The Labute approximate surface area is 114 Å². The molecule has 18 heavy (non-hydrogen) atoms. The molecule has 1 saturated heterocycles. The summed E-state index contributed by atoms with van der Waals surface area (Å²) in [6.07, 6.45) is 10.0. The van der Waals surface area contributed by atoms with Gasteiger partial charge in [-0.2, -0.15) is 0 Å². The van der Waals surface area contributed by atoms with Crippen molar-refractivity contribution in [2.45, 2.75) is 69.1 Å². The van der Waals surface area contributed by atoms with E-state index >= 15 is 0 Å². The highest BCUT2D eigenvalue weighted by Crippen LogP contribution is 2.49. The van der Waals surface area contributed by atoms with Gasteiger partial charge in [0, 0.05) is 11.5 Å². The number of nitrogens with zero attached hydrogens (tertiary/aromatic N) is 1. The van der Waals surface area contributed by atoms with Crippen LogP contribution in [0.25, 0.3) is 0 Å². The number of rotatable bonds is 0. The minimum atomic E-state index is -0.919. The molecule has 5 heteroatoms. The largest absolute Gasteiger partial charge is 0.369 e.